The van der Waals surface area contributed by atoms with Gasteiger partial charge in [-0.2, -0.15) is 10.1 Å². The lowest BCUT2D eigenvalue weighted by molar-refractivity contribution is -0.119. The molecule has 0 N–H and O–H groups in total. The summed E-state index contributed by atoms with van der Waals surface area (Å²) in [5.41, 5.74) is 0.974. The van der Waals surface area contributed by atoms with Crippen molar-refractivity contribution in [3.8, 4) is 12.3 Å². The van der Waals surface area contributed by atoms with Crippen LogP contribution < -0.4 is 5.01 Å². The van der Waals surface area contributed by atoms with Crippen LogP contribution in [0.5, 0.6) is 0 Å². The molecule has 0 aromatic heterocycles. The number of hydrogen-bond acceptors (Lipinski definition) is 2. The molecule has 3 nitrogen and oxygen atoms in total. The number of halogens is 3. The summed E-state index contributed by atoms with van der Waals surface area (Å²) in [5.74, 6) is 1.81. The molecule has 0 fully saturated rings. The molecule has 1 atom stereocenters. The van der Waals surface area contributed by atoms with Crippen LogP contribution in [0.4, 0.5) is 5.69 Å². The first-order valence-electron chi connectivity index (χ1n) is 5.42. The van der Waals surface area contributed by atoms with Gasteiger partial charge in [0.2, 0.25) is 0 Å². The zero-order valence-corrected chi connectivity index (χ0v) is 12.2. The molecule has 6 heteroatoms. The molecular weight excluding hydrogens is 307 g/mol. The van der Waals surface area contributed by atoms with Gasteiger partial charge >= 0.3 is 0 Å². The third-order valence-electron chi connectivity index (χ3n) is 2.78. The Morgan fingerprint density at radius 3 is 2.47 bits per heavy atom. The third kappa shape index (κ3) is 2.57. The van der Waals surface area contributed by atoms with Gasteiger partial charge in [0.25, 0.3) is 5.91 Å². The highest BCUT2D eigenvalue weighted by atomic mass is 35.5. The van der Waals surface area contributed by atoms with Crippen molar-refractivity contribution in [2.24, 2.45) is 11.0 Å². The Morgan fingerprint density at radius 2 is 1.95 bits per heavy atom. The van der Waals surface area contributed by atoms with Crippen molar-refractivity contribution in [1.29, 1.82) is 0 Å². The standard InChI is InChI=1S/C13H9Cl3N2O/c1-3-4-9-7(2)17-18(13(9)19)12-10(15)5-8(14)6-11(12)16/h1,5-6,9H,4H2,2H3/t9-/m0/s1. The fourth-order valence-electron chi connectivity index (χ4n) is 1.85. The second kappa shape index (κ2) is 5.42. The van der Waals surface area contributed by atoms with Crippen molar-refractivity contribution in [1.82, 2.24) is 0 Å². The van der Waals surface area contributed by atoms with Gasteiger partial charge in [-0.25, -0.2) is 0 Å². The van der Waals surface area contributed by atoms with Crippen LogP contribution in [0.2, 0.25) is 15.1 Å². The summed E-state index contributed by atoms with van der Waals surface area (Å²) in [4.78, 5) is 12.3. The van der Waals surface area contributed by atoms with Gasteiger partial charge in [-0.15, -0.1) is 12.3 Å². The minimum atomic E-state index is -0.423. The quantitative estimate of drug-likeness (QED) is 0.759. The fourth-order valence-corrected chi connectivity index (χ4v) is 2.83. The topological polar surface area (TPSA) is 32.7 Å². The van der Waals surface area contributed by atoms with E-state index in [1.54, 1.807) is 6.92 Å². The molecule has 1 amide bonds. The van der Waals surface area contributed by atoms with Gasteiger partial charge in [-0.05, 0) is 19.1 Å². The zero-order valence-electron chi connectivity index (χ0n) is 9.95. The number of hydrazone groups is 1. The number of anilines is 1. The zero-order chi connectivity index (χ0) is 14.2. The van der Waals surface area contributed by atoms with Gasteiger partial charge < -0.3 is 0 Å². The molecule has 0 spiro atoms. The molecule has 0 bridgehead atoms. The Kier molecular flexibility index (Phi) is 4.05. The number of hydrogen-bond donors (Lipinski definition) is 0. The van der Waals surface area contributed by atoms with Crippen LogP contribution in [0.1, 0.15) is 13.3 Å². The number of terminal acetylenes is 1. The molecule has 1 heterocycles. The second-order valence-corrected chi connectivity index (χ2v) is 5.32. The van der Waals surface area contributed by atoms with Crippen LogP contribution >= 0.6 is 34.8 Å². The maximum atomic E-state index is 12.3. The van der Waals surface area contributed by atoms with Crippen LogP contribution in [0.3, 0.4) is 0 Å². The molecular formula is C13H9Cl3N2O. The van der Waals surface area contributed by atoms with E-state index in [9.17, 15) is 4.79 Å². The highest BCUT2D eigenvalue weighted by molar-refractivity contribution is 6.42. The van der Waals surface area contributed by atoms with Crippen molar-refractivity contribution < 1.29 is 4.79 Å². The molecule has 0 saturated heterocycles. The van der Waals surface area contributed by atoms with E-state index in [4.69, 9.17) is 41.2 Å². The summed E-state index contributed by atoms with van der Waals surface area (Å²) < 4.78 is 0. The van der Waals surface area contributed by atoms with Gasteiger partial charge in [-0.3, -0.25) is 4.79 Å². The minimum Gasteiger partial charge on any atom is -0.272 e. The highest BCUT2D eigenvalue weighted by Crippen LogP contribution is 2.39. The molecule has 1 aliphatic rings. The average Bonchev–Trinajstić information content (AvgIpc) is 2.56. The number of rotatable bonds is 2. The molecule has 0 aliphatic carbocycles. The number of carbonyl (C=O) groups is 1. The SMILES string of the molecule is C#CC[C@@H]1C(=O)N(c2c(Cl)cc(Cl)cc2Cl)N=C1C. The van der Waals surface area contributed by atoms with E-state index in [1.165, 1.54) is 17.1 Å². The van der Waals surface area contributed by atoms with E-state index >= 15 is 0 Å². The van der Waals surface area contributed by atoms with Crippen molar-refractivity contribution in [2.45, 2.75) is 13.3 Å². The Bertz CT molecular complexity index is 596. The molecule has 19 heavy (non-hydrogen) atoms. The Balaban J connectivity index is 2.46. The van der Waals surface area contributed by atoms with Crippen LogP contribution in [0.25, 0.3) is 0 Å². The normalized spacial score (nSPS) is 18.5. The lowest BCUT2D eigenvalue weighted by atomic mass is 10.0. The van der Waals surface area contributed by atoms with Crippen LogP contribution in [-0.2, 0) is 4.79 Å². The fraction of sp³-hybridized carbons (Fsp3) is 0.231. The maximum absolute atomic E-state index is 12.3. The summed E-state index contributed by atoms with van der Waals surface area (Å²) >= 11 is 18.0. The predicted octanol–water partition coefficient (Wildman–Crippen LogP) is 4.01. The van der Waals surface area contributed by atoms with Gasteiger partial charge in [0.05, 0.1) is 16.0 Å². The smallest absolute Gasteiger partial charge is 0.257 e. The predicted molar refractivity (Wildman–Crippen MR) is 79.0 cm³/mol. The number of nitrogens with zero attached hydrogens (tertiary/aromatic N) is 2. The van der Waals surface area contributed by atoms with Gasteiger partial charge in [-0.1, -0.05) is 34.8 Å². The molecule has 0 unspecified atom stereocenters. The summed E-state index contributed by atoms with van der Waals surface area (Å²) in [6.07, 6.45) is 5.55. The van der Waals surface area contributed by atoms with E-state index in [0.29, 0.717) is 22.8 Å². The van der Waals surface area contributed by atoms with Crippen LogP contribution in [0, 0.1) is 18.3 Å². The highest BCUT2D eigenvalue weighted by Gasteiger charge is 2.35. The van der Waals surface area contributed by atoms with E-state index in [0.717, 1.165) is 0 Å². The van der Waals surface area contributed by atoms with Gasteiger partial charge in [0, 0.05) is 17.2 Å². The maximum Gasteiger partial charge on any atom is 0.257 e. The number of benzene rings is 1. The van der Waals surface area contributed by atoms with Gasteiger partial charge in [0.1, 0.15) is 5.69 Å². The van der Waals surface area contributed by atoms with Crippen molar-refractivity contribution in [3.63, 3.8) is 0 Å². The molecule has 2 rings (SSSR count). The minimum absolute atomic E-state index is 0.235. The molecule has 1 aliphatic heterocycles. The Labute approximate surface area is 126 Å². The Morgan fingerprint density at radius 1 is 1.37 bits per heavy atom. The van der Waals surface area contributed by atoms with E-state index in [-0.39, 0.29) is 16.0 Å². The average molecular weight is 316 g/mol. The first-order chi connectivity index (χ1) is 8.95. The molecule has 1 aromatic rings. The van der Waals surface area contributed by atoms with Crippen LogP contribution in [-0.4, -0.2) is 11.6 Å². The first-order valence-corrected chi connectivity index (χ1v) is 6.56. The Hall–Kier alpha value is -1.21. The third-order valence-corrected chi connectivity index (χ3v) is 3.58. The number of carbonyl (C=O) groups excluding carboxylic acids is 1. The summed E-state index contributed by atoms with van der Waals surface area (Å²) in [7, 11) is 0. The van der Waals surface area contributed by atoms with E-state index < -0.39 is 5.92 Å². The first kappa shape index (κ1) is 14.2. The molecule has 98 valence electrons. The second-order valence-electron chi connectivity index (χ2n) is 4.07. The summed E-state index contributed by atoms with van der Waals surface area (Å²) in [5, 5.41) is 6.31. The molecule has 0 saturated carbocycles. The van der Waals surface area contributed by atoms with Crippen molar-refractivity contribution in [3.05, 3.63) is 27.2 Å². The molecule has 1 aromatic carbocycles. The summed E-state index contributed by atoms with van der Waals surface area (Å²) in [6.45, 7) is 1.75. The van der Waals surface area contributed by atoms with Crippen molar-refractivity contribution in [2.75, 3.05) is 5.01 Å². The lowest BCUT2D eigenvalue weighted by Gasteiger charge is -2.16. The van der Waals surface area contributed by atoms with Gasteiger partial charge in [0.15, 0.2) is 0 Å². The van der Waals surface area contributed by atoms with E-state index in [1.807, 2.05) is 0 Å². The lowest BCUT2D eigenvalue weighted by Crippen LogP contribution is -2.27. The monoisotopic (exact) mass is 314 g/mol. The van der Waals surface area contributed by atoms with E-state index in [2.05, 4.69) is 11.0 Å². The molecule has 0 radical (unpaired) electrons. The van der Waals surface area contributed by atoms with Crippen LogP contribution in [0.15, 0.2) is 17.2 Å². The summed E-state index contributed by atoms with van der Waals surface area (Å²) in [6, 6.07) is 3.02. The largest absolute Gasteiger partial charge is 0.272 e. The van der Waals surface area contributed by atoms with Crippen molar-refractivity contribution >= 4 is 52.1 Å². The number of amides is 1.